The van der Waals surface area contributed by atoms with Gasteiger partial charge in [-0.1, -0.05) is 13.8 Å². The van der Waals surface area contributed by atoms with Crippen molar-refractivity contribution in [2.75, 3.05) is 6.61 Å². The van der Waals surface area contributed by atoms with E-state index in [2.05, 4.69) is 10.6 Å². The number of aliphatic carboxylic acids is 2. The van der Waals surface area contributed by atoms with Gasteiger partial charge in [-0.25, -0.2) is 4.79 Å². The third-order valence-electron chi connectivity index (χ3n) is 4.49. The van der Waals surface area contributed by atoms with Gasteiger partial charge in [-0.2, -0.15) is 0 Å². The Morgan fingerprint density at radius 1 is 1.06 bits per heavy atom. The third-order valence-corrected chi connectivity index (χ3v) is 4.49. The molecule has 2 amide bonds. The van der Waals surface area contributed by atoms with Crippen molar-refractivity contribution >= 4 is 29.6 Å². The number of benzene rings is 1. The average Bonchev–Trinajstić information content (AvgIpc) is 2.70. The van der Waals surface area contributed by atoms with E-state index in [0.29, 0.717) is 30.8 Å². The number of unbranched alkanes of at least 4 members (excludes halogenated alkanes) is 1. The van der Waals surface area contributed by atoms with Crippen LogP contribution in [-0.2, 0) is 19.2 Å². The second kappa shape index (κ2) is 12.9. The first-order chi connectivity index (χ1) is 15.0. The number of carboxylic acid groups (broad SMARTS) is 2. The molecule has 0 fully saturated rings. The van der Waals surface area contributed by atoms with Gasteiger partial charge in [-0.15, -0.1) is 0 Å². The number of nitrogen functional groups attached to an aromatic ring is 1. The van der Waals surface area contributed by atoms with Crippen LogP contribution in [0.4, 0.5) is 0 Å². The second-order valence-electron chi connectivity index (χ2n) is 7.53. The lowest BCUT2D eigenvalue weighted by atomic mass is 10.0. The highest BCUT2D eigenvalue weighted by Gasteiger charge is 2.29. The number of rotatable bonds is 14. The molecule has 0 spiro atoms. The summed E-state index contributed by atoms with van der Waals surface area (Å²) in [4.78, 5) is 46.8. The summed E-state index contributed by atoms with van der Waals surface area (Å²) >= 11 is 0. The lowest BCUT2D eigenvalue weighted by Crippen LogP contribution is -2.53. The first-order valence-electron chi connectivity index (χ1n) is 10.1. The topological polar surface area (TPSA) is 192 Å². The number of nitrogens with one attached hydrogen (secondary N) is 3. The van der Waals surface area contributed by atoms with E-state index in [1.165, 1.54) is 0 Å². The van der Waals surface area contributed by atoms with E-state index in [9.17, 15) is 24.3 Å². The largest absolute Gasteiger partial charge is 0.494 e. The van der Waals surface area contributed by atoms with Crippen LogP contribution < -0.4 is 21.1 Å². The first kappa shape index (κ1) is 26.4. The Morgan fingerprint density at radius 3 is 2.19 bits per heavy atom. The van der Waals surface area contributed by atoms with E-state index >= 15 is 0 Å². The van der Waals surface area contributed by atoms with E-state index in [0.717, 1.165) is 0 Å². The molecule has 0 heterocycles. The van der Waals surface area contributed by atoms with Crippen molar-refractivity contribution in [2.24, 2.45) is 11.7 Å². The van der Waals surface area contributed by atoms with Gasteiger partial charge in [0.15, 0.2) is 0 Å². The molecule has 0 aliphatic heterocycles. The number of hydrogen-bond acceptors (Lipinski definition) is 6. The number of hydrogen-bond donors (Lipinski definition) is 6. The SMILES string of the molecule is CC(C)C(NC(=O)C(CC(=O)O)NC(=O)CCCCOc1ccc(C(=N)N)cc1)C(=O)O. The van der Waals surface area contributed by atoms with Gasteiger partial charge in [0.05, 0.1) is 13.0 Å². The molecule has 0 saturated heterocycles. The van der Waals surface area contributed by atoms with Crippen LogP contribution >= 0.6 is 0 Å². The molecule has 2 atom stereocenters. The summed E-state index contributed by atoms with van der Waals surface area (Å²) in [5.74, 6) is -3.80. The van der Waals surface area contributed by atoms with Gasteiger partial charge in [-0.05, 0) is 43.0 Å². The number of amidine groups is 1. The maximum Gasteiger partial charge on any atom is 0.326 e. The lowest BCUT2D eigenvalue weighted by molar-refractivity contribution is -0.144. The minimum absolute atomic E-state index is 0.0415. The summed E-state index contributed by atoms with van der Waals surface area (Å²) in [5.41, 5.74) is 5.96. The Labute approximate surface area is 185 Å². The fourth-order valence-electron chi connectivity index (χ4n) is 2.73. The number of amides is 2. The molecule has 1 rings (SSSR count). The van der Waals surface area contributed by atoms with Crippen molar-refractivity contribution in [2.45, 2.75) is 51.6 Å². The van der Waals surface area contributed by atoms with Crippen LogP contribution in [0.3, 0.4) is 0 Å². The number of nitrogens with two attached hydrogens (primary N) is 1. The molecule has 32 heavy (non-hydrogen) atoms. The number of carbonyl (C=O) groups excluding carboxylic acids is 2. The Balaban J connectivity index is 2.48. The Hall–Kier alpha value is -3.63. The summed E-state index contributed by atoms with van der Waals surface area (Å²) in [6, 6.07) is 4.11. The van der Waals surface area contributed by atoms with Crippen LogP contribution in [0.1, 0.15) is 45.1 Å². The fourth-order valence-corrected chi connectivity index (χ4v) is 2.73. The Kier molecular flexibility index (Phi) is 10.7. The first-order valence-corrected chi connectivity index (χ1v) is 10.1. The monoisotopic (exact) mass is 450 g/mol. The van der Waals surface area contributed by atoms with Gasteiger partial charge in [-0.3, -0.25) is 19.8 Å². The summed E-state index contributed by atoms with van der Waals surface area (Å²) in [6.45, 7) is 3.54. The molecule has 0 aliphatic carbocycles. The average molecular weight is 450 g/mol. The minimum Gasteiger partial charge on any atom is -0.494 e. The highest BCUT2D eigenvalue weighted by molar-refractivity contribution is 5.95. The summed E-state index contributed by atoms with van der Waals surface area (Å²) in [7, 11) is 0. The molecule has 0 saturated carbocycles. The number of carboxylic acids is 2. The zero-order valence-corrected chi connectivity index (χ0v) is 18.1. The highest BCUT2D eigenvalue weighted by Crippen LogP contribution is 2.12. The molecule has 2 unspecified atom stereocenters. The minimum atomic E-state index is -1.38. The van der Waals surface area contributed by atoms with Gasteiger partial charge < -0.3 is 31.3 Å². The van der Waals surface area contributed by atoms with E-state index in [-0.39, 0.29) is 12.3 Å². The van der Waals surface area contributed by atoms with E-state index < -0.39 is 48.2 Å². The van der Waals surface area contributed by atoms with Gasteiger partial charge in [0.1, 0.15) is 23.7 Å². The van der Waals surface area contributed by atoms with Crippen LogP contribution in [0.15, 0.2) is 24.3 Å². The molecule has 0 aromatic heterocycles. The molecular formula is C21H30N4O7. The summed E-state index contributed by atoms with van der Waals surface area (Å²) < 4.78 is 5.54. The molecule has 7 N–H and O–H groups in total. The quantitative estimate of drug-likeness (QED) is 0.135. The molecule has 11 nitrogen and oxygen atoms in total. The van der Waals surface area contributed by atoms with Crippen molar-refractivity contribution in [3.8, 4) is 5.75 Å². The standard InChI is InChI=1S/C21H30N4O7/c1-12(2)18(21(30)31)25-20(29)15(11-17(27)28)24-16(26)5-3-4-10-32-14-8-6-13(7-9-14)19(22)23/h6-9,12,15,18H,3-5,10-11H2,1-2H3,(H3,22,23)(H,24,26)(H,25,29)(H,27,28)(H,30,31). The van der Waals surface area contributed by atoms with Crippen molar-refractivity contribution in [1.82, 2.24) is 10.6 Å². The van der Waals surface area contributed by atoms with Crippen molar-refractivity contribution in [3.63, 3.8) is 0 Å². The molecule has 11 heteroatoms. The normalized spacial score (nSPS) is 12.5. The van der Waals surface area contributed by atoms with E-state index in [1.54, 1.807) is 38.1 Å². The third kappa shape index (κ3) is 9.45. The smallest absolute Gasteiger partial charge is 0.326 e. The van der Waals surface area contributed by atoms with Gasteiger partial charge in [0.2, 0.25) is 11.8 Å². The maximum atomic E-state index is 12.3. The molecule has 0 aliphatic rings. The summed E-state index contributed by atoms with van der Waals surface area (Å²) in [6.07, 6.45) is 0.346. The Bertz CT molecular complexity index is 824. The lowest BCUT2D eigenvalue weighted by Gasteiger charge is -2.22. The Morgan fingerprint density at radius 2 is 1.69 bits per heavy atom. The van der Waals surface area contributed by atoms with Gasteiger partial charge in [0.25, 0.3) is 0 Å². The summed E-state index contributed by atoms with van der Waals surface area (Å²) in [5, 5.41) is 30.2. The van der Waals surface area contributed by atoms with Crippen LogP contribution in [-0.4, -0.2) is 58.5 Å². The predicted molar refractivity (Wildman–Crippen MR) is 115 cm³/mol. The predicted octanol–water partition coefficient (Wildman–Crippen LogP) is 0.705. The van der Waals surface area contributed by atoms with Crippen molar-refractivity contribution in [3.05, 3.63) is 29.8 Å². The molecule has 1 aromatic carbocycles. The zero-order chi connectivity index (χ0) is 24.3. The molecule has 0 bridgehead atoms. The van der Waals surface area contributed by atoms with Crippen LogP contribution in [0.25, 0.3) is 0 Å². The number of carbonyl (C=O) groups is 4. The highest BCUT2D eigenvalue weighted by atomic mass is 16.5. The molecular weight excluding hydrogens is 420 g/mol. The van der Waals surface area contributed by atoms with Crippen LogP contribution in [0.2, 0.25) is 0 Å². The zero-order valence-electron chi connectivity index (χ0n) is 18.1. The van der Waals surface area contributed by atoms with Crippen LogP contribution in [0.5, 0.6) is 5.75 Å². The van der Waals surface area contributed by atoms with E-state index in [4.69, 9.17) is 21.0 Å². The van der Waals surface area contributed by atoms with Crippen molar-refractivity contribution in [1.29, 1.82) is 5.41 Å². The van der Waals surface area contributed by atoms with Gasteiger partial charge in [0, 0.05) is 12.0 Å². The maximum absolute atomic E-state index is 12.3. The van der Waals surface area contributed by atoms with Crippen molar-refractivity contribution < 1.29 is 34.1 Å². The van der Waals surface area contributed by atoms with Crippen LogP contribution in [0, 0.1) is 11.3 Å². The molecule has 1 aromatic rings. The molecule has 176 valence electrons. The fraction of sp³-hybridized carbons (Fsp3) is 0.476. The molecule has 0 radical (unpaired) electrons. The number of ether oxygens (including phenoxy) is 1. The van der Waals surface area contributed by atoms with E-state index in [1.807, 2.05) is 0 Å². The second-order valence-corrected chi connectivity index (χ2v) is 7.53. The van der Waals surface area contributed by atoms with Gasteiger partial charge >= 0.3 is 11.9 Å².